The van der Waals surface area contributed by atoms with Crippen LogP contribution in [0, 0.1) is 0 Å². The summed E-state index contributed by atoms with van der Waals surface area (Å²) >= 11 is 0. The van der Waals surface area contributed by atoms with Crippen molar-refractivity contribution in [3.8, 4) is 5.88 Å². The van der Waals surface area contributed by atoms with E-state index in [9.17, 15) is 9.59 Å². The molecular weight excluding hydrogens is 356 g/mol. The quantitative estimate of drug-likeness (QED) is 0.851. The van der Waals surface area contributed by atoms with Crippen molar-refractivity contribution in [1.29, 1.82) is 0 Å². The highest BCUT2D eigenvalue weighted by molar-refractivity contribution is 6.06. The molecule has 0 spiro atoms. The first-order chi connectivity index (χ1) is 13.6. The number of hydrogen-bond acceptors (Lipinski definition) is 5. The molecule has 1 unspecified atom stereocenters. The number of aromatic nitrogens is 1. The lowest BCUT2D eigenvalue weighted by molar-refractivity contribution is -0.126. The van der Waals surface area contributed by atoms with E-state index >= 15 is 0 Å². The van der Waals surface area contributed by atoms with Crippen molar-refractivity contribution in [3.63, 3.8) is 0 Å². The lowest BCUT2D eigenvalue weighted by Crippen LogP contribution is -2.55. The molecule has 1 N–H and O–H groups in total. The van der Waals surface area contributed by atoms with Gasteiger partial charge in [-0.2, -0.15) is 0 Å². The molecule has 7 nitrogen and oxygen atoms in total. The Hall–Kier alpha value is -2.67. The number of nitrogens with one attached hydrogen (secondary N) is 1. The first kappa shape index (κ1) is 18.7. The molecule has 148 valence electrons. The van der Waals surface area contributed by atoms with E-state index in [1.54, 1.807) is 13.2 Å². The van der Waals surface area contributed by atoms with Gasteiger partial charge in [-0.3, -0.25) is 14.5 Å². The Morgan fingerprint density at radius 3 is 2.57 bits per heavy atom. The van der Waals surface area contributed by atoms with Crippen molar-refractivity contribution in [2.45, 2.75) is 31.8 Å². The average Bonchev–Trinajstić information content (AvgIpc) is 3.56. The topological polar surface area (TPSA) is 74.8 Å². The lowest BCUT2D eigenvalue weighted by atomic mass is 10.1. The summed E-state index contributed by atoms with van der Waals surface area (Å²) in [5, 5.41) is 3.89. The van der Waals surface area contributed by atoms with Gasteiger partial charge in [0, 0.05) is 43.7 Å². The first-order valence-corrected chi connectivity index (χ1v) is 9.84. The van der Waals surface area contributed by atoms with Gasteiger partial charge in [-0.25, -0.2) is 4.98 Å². The number of hydrogen-bond donors (Lipinski definition) is 1. The van der Waals surface area contributed by atoms with Crippen LogP contribution in [0.15, 0.2) is 30.3 Å². The number of rotatable bonds is 5. The monoisotopic (exact) mass is 382 g/mol. The molecule has 2 heterocycles. The Labute approximate surface area is 164 Å². The molecule has 1 aliphatic carbocycles. The SMILES string of the molecule is COc1cc(C(=O)N2CCN(C(C)C(=O)NC3CC3)CC2)c2ccccc2n1. The van der Waals surface area contributed by atoms with Gasteiger partial charge >= 0.3 is 0 Å². The standard InChI is InChI=1S/C21H26N4O3/c1-14(20(26)22-15-7-8-15)24-9-11-25(12-10-24)21(27)17-13-19(28-2)23-18-6-4-3-5-16(17)18/h3-6,13-15H,7-12H2,1-2H3,(H,22,26). The van der Waals surface area contributed by atoms with Gasteiger partial charge in [-0.15, -0.1) is 0 Å². The van der Waals surface area contributed by atoms with Crippen LogP contribution >= 0.6 is 0 Å². The summed E-state index contributed by atoms with van der Waals surface area (Å²) in [6.45, 7) is 4.50. The normalized spacial score (nSPS) is 18.7. The molecule has 2 aromatic rings. The lowest BCUT2D eigenvalue weighted by Gasteiger charge is -2.37. The Bertz CT molecular complexity index is 888. The van der Waals surface area contributed by atoms with Gasteiger partial charge in [-0.05, 0) is 25.8 Å². The molecule has 1 saturated carbocycles. The minimum atomic E-state index is -0.167. The highest BCUT2D eigenvalue weighted by Crippen LogP contribution is 2.24. The molecule has 2 fully saturated rings. The molecule has 4 rings (SSSR count). The molecule has 1 atom stereocenters. The van der Waals surface area contributed by atoms with Crippen molar-refractivity contribution >= 4 is 22.7 Å². The third kappa shape index (κ3) is 3.80. The predicted molar refractivity (Wildman–Crippen MR) is 106 cm³/mol. The Kier molecular flexibility index (Phi) is 5.17. The second-order valence-corrected chi connectivity index (χ2v) is 7.52. The number of methoxy groups -OCH3 is 1. The van der Waals surface area contributed by atoms with Crippen molar-refractivity contribution < 1.29 is 14.3 Å². The van der Waals surface area contributed by atoms with E-state index in [0.29, 0.717) is 43.7 Å². The fraction of sp³-hybridized carbons (Fsp3) is 0.476. The minimum Gasteiger partial charge on any atom is -0.481 e. The Morgan fingerprint density at radius 1 is 1.18 bits per heavy atom. The second-order valence-electron chi connectivity index (χ2n) is 7.52. The highest BCUT2D eigenvalue weighted by Gasteiger charge is 2.31. The fourth-order valence-electron chi connectivity index (χ4n) is 3.63. The molecule has 1 saturated heterocycles. The summed E-state index contributed by atoms with van der Waals surface area (Å²) in [6.07, 6.45) is 2.17. The zero-order valence-electron chi connectivity index (χ0n) is 16.4. The van der Waals surface area contributed by atoms with Crippen molar-refractivity contribution in [1.82, 2.24) is 20.1 Å². The first-order valence-electron chi connectivity index (χ1n) is 9.84. The smallest absolute Gasteiger partial charge is 0.254 e. The zero-order chi connectivity index (χ0) is 19.7. The van der Waals surface area contributed by atoms with Gasteiger partial charge < -0.3 is 15.0 Å². The van der Waals surface area contributed by atoms with Crippen LogP contribution in [0.2, 0.25) is 0 Å². The molecule has 28 heavy (non-hydrogen) atoms. The number of piperazine rings is 1. The summed E-state index contributed by atoms with van der Waals surface area (Å²) in [4.78, 5) is 33.9. The van der Waals surface area contributed by atoms with Crippen LogP contribution in [0.3, 0.4) is 0 Å². The predicted octanol–water partition coefficient (Wildman–Crippen LogP) is 1.67. The van der Waals surface area contributed by atoms with Crippen LogP contribution in [-0.2, 0) is 4.79 Å². The third-order valence-corrected chi connectivity index (χ3v) is 5.58. The number of carbonyl (C=O) groups is 2. The molecule has 1 aromatic carbocycles. The van der Waals surface area contributed by atoms with E-state index in [0.717, 1.165) is 23.7 Å². The van der Waals surface area contributed by atoms with Gasteiger partial charge in [0.15, 0.2) is 0 Å². The minimum absolute atomic E-state index is 0.0216. The van der Waals surface area contributed by atoms with E-state index in [4.69, 9.17) is 4.74 Å². The maximum atomic E-state index is 13.2. The van der Waals surface area contributed by atoms with Gasteiger partial charge in [0.2, 0.25) is 11.8 Å². The van der Waals surface area contributed by atoms with Crippen molar-refractivity contribution in [3.05, 3.63) is 35.9 Å². The van der Waals surface area contributed by atoms with Crippen LogP contribution in [-0.4, -0.2) is 72.0 Å². The van der Waals surface area contributed by atoms with Gasteiger partial charge in [-0.1, -0.05) is 18.2 Å². The number of pyridine rings is 1. The summed E-state index contributed by atoms with van der Waals surface area (Å²) in [6, 6.07) is 9.51. The van der Waals surface area contributed by atoms with E-state index in [1.165, 1.54) is 0 Å². The molecule has 7 heteroatoms. The number of ether oxygens (including phenoxy) is 1. The summed E-state index contributed by atoms with van der Waals surface area (Å²) in [7, 11) is 1.55. The molecule has 1 aliphatic heterocycles. The molecular formula is C21H26N4O3. The van der Waals surface area contributed by atoms with Crippen LogP contribution < -0.4 is 10.1 Å². The third-order valence-electron chi connectivity index (χ3n) is 5.58. The van der Waals surface area contributed by atoms with Crippen molar-refractivity contribution in [2.75, 3.05) is 33.3 Å². The number of amides is 2. The van der Waals surface area contributed by atoms with Crippen molar-refractivity contribution in [2.24, 2.45) is 0 Å². The van der Waals surface area contributed by atoms with Crippen LogP contribution in [0.5, 0.6) is 5.88 Å². The van der Waals surface area contributed by atoms with E-state index in [-0.39, 0.29) is 17.9 Å². The molecule has 0 bridgehead atoms. The number of fused-ring (bicyclic) bond motifs is 1. The molecule has 0 radical (unpaired) electrons. The zero-order valence-corrected chi connectivity index (χ0v) is 16.4. The molecule has 2 aliphatic rings. The van der Waals surface area contributed by atoms with Gasteiger partial charge in [0.1, 0.15) is 0 Å². The summed E-state index contributed by atoms with van der Waals surface area (Å²) in [5.41, 5.74) is 1.35. The van der Waals surface area contributed by atoms with Crippen LogP contribution in [0.4, 0.5) is 0 Å². The number of para-hydroxylation sites is 1. The number of carbonyl (C=O) groups excluding carboxylic acids is 2. The van der Waals surface area contributed by atoms with E-state index in [2.05, 4.69) is 15.2 Å². The Balaban J connectivity index is 1.45. The van der Waals surface area contributed by atoms with E-state index < -0.39 is 0 Å². The fourth-order valence-corrected chi connectivity index (χ4v) is 3.63. The highest BCUT2D eigenvalue weighted by atomic mass is 16.5. The number of nitrogens with zero attached hydrogens (tertiary/aromatic N) is 3. The van der Waals surface area contributed by atoms with Crippen LogP contribution in [0.1, 0.15) is 30.1 Å². The van der Waals surface area contributed by atoms with E-state index in [1.807, 2.05) is 36.1 Å². The van der Waals surface area contributed by atoms with Gasteiger partial charge in [0.05, 0.1) is 24.2 Å². The molecule has 1 aromatic heterocycles. The maximum absolute atomic E-state index is 13.2. The van der Waals surface area contributed by atoms with Gasteiger partial charge in [0.25, 0.3) is 5.91 Å². The second kappa shape index (κ2) is 7.75. The average molecular weight is 382 g/mol. The maximum Gasteiger partial charge on any atom is 0.254 e. The van der Waals surface area contributed by atoms with Crippen LogP contribution in [0.25, 0.3) is 10.9 Å². The summed E-state index contributed by atoms with van der Waals surface area (Å²) in [5.74, 6) is 0.504. The number of benzene rings is 1. The largest absolute Gasteiger partial charge is 0.481 e. The Morgan fingerprint density at radius 2 is 1.89 bits per heavy atom. The molecule has 2 amide bonds. The summed E-state index contributed by atoms with van der Waals surface area (Å²) < 4.78 is 5.28.